The van der Waals surface area contributed by atoms with Crippen molar-refractivity contribution in [1.29, 1.82) is 0 Å². The highest BCUT2D eigenvalue weighted by Gasteiger charge is 2.46. The first-order chi connectivity index (χ1) is 13.8. The summed E-state index contributed by atoms with van der Waals surface area (Å²) in [5, 5.41) is 0. The fraction of sp³-hybridized carbons (Fsp3) is 0.636. The number of rotatable bonds is 7. The number of piperidine rings is 1. The van der Waals surface area contributed by atoms with E-state index < -0.39 is 11.7 Å². The minimum absolute atomic E-state index is 0.0775. The van der Waals surface area contributed by atoms with Gasteiger partial charge in [0.1, 0.15) is 11.6 Å². The normalized spacial score (nSPS) is 18.6. The number of nitrogens with two attached hydrogens (primary N) is 1. The van der Waals surface area contributed by atoms with E-state index in [1.165, 1.54) is 25.0 Å². The molecule has 2 aliphatic rings. The van der Waals surface area contributed by atoms with Crippen LogP contribution >= 0.6 is 0 Å². The van der Waals surface area contributed by atoms with Crippen molar-refractivity contribution in [1.82, 2.24) is 4.90 Å². The number of hydrogen-bond donors (Lipinski definition) is 1. The summed E-state index contributed by atoms with van der Waals surface area (Å²) in [4.78, 5) is 24.9. The molecular weight excluding hydrogens is 375 g/mol. The number of nitrogens with zero attached hydrogens (tertiary/aromatic N) is 1. The summed E-state index contributed by atoms with van der Waals surface area (Å²) >= 11 is 0. The number of benzene rings is 1. The summed E-state index contributed by atoms with van der Waals surface area (Å²) in [6.45, 7) is 5.84. The van der Waals surface area contributed by atoms with Crippen LogP contribution in [0.2, 0.25) is 0 Å². The average molecular weight is 406 g/mol. The second-order valence-electron chi connectivity index (χ2n) is 8.69. The molecule has 2 fully saturated rings. The fourth-order valence-corrected chi connectivity index (χ4v) is 4.56. The molecule has 0 unspecified atom stereocenters. The Hall–Kier alpha value is -2.31. The molecule has 0 bridgehead atoms. The number of carbonyl (C=O) groups is 2. The van der Waals surface area contributed by atoms with Gasteiger partial charge in [-0.3, -0.25) is 4.79 Å². The topological polar surface area (TPSA) is 81.9 Å². The summed E-state index contributed by atoms with van der Waals surface area (Å²) in [6, 6.07) is 4.13. The van der Waals surface area contributed by atoms with E-state index in [1.54, 1.807) is 6.07 Å². The summed E-state index contributed by atoms with van der Waals surface area (Å²) < 4.78 is 24.6. The van der Waals surface area contributed by atoms with E-state index in [2.05, 4.69) is 0 Å². The van der Waals surface area contributed by atoms with Gasteiger partial charge < -0.3 is 20.1 Å². The smallest absolute Gasteiger partial charge is 0.410 e. The molecule has 1 spiro atoms. The number of primary amides is 1. The number of hydrogen-bond acceptors (Lipinski definition) is 4. The number of likely N-dealkylation sites (tertiary alicyclic amines) is 1. The van der Waals surface area contributed by atoms with E-state index in [0.717, 1.165) is 38.8 Å². The van der Waals surface area contributed by atoms with Crippen LogP contribution in [0.3, 0.4) is 0 Å². The number of amides is 2. The molecule has 1 aliphatic carbocycles. The molecule has 6 nitrogen and oxygen atoms in total. The van der Waals surface area contributed by atoms with Crippen LogP contribution in [0.5, 0.6) is 5.75 Å². The Labute approximate surface area is 171 Å². The van der Waals surface area contributed by atoms with Gasteiger partial charge in [-0.2, -0.15) is 0 Å². The quantitative estimate of drug-likeness (QED) is 0.691. The Morgan fingerprint density at radius 2 is 1.97 bits per heavy atom. The van der Waals surface area contributed by atoms with Crippen LogP contribution < -0.4 is 10.5 Å². The Morgan fingerprint density at radius 1 is 1.28 bits per heavy atom. The van der Waals surface area contributed by atoms with Gasteiger partial charge in [0.15, 0.2) is 0 Å². The molecule has 1 saturated heterocycles. The molecule has 160 valence electrons. The van der Waals surface area contributed by atoms with Gasteiger partial charge in [-0.15, -0.1) is 0 Å². The van der Waals surface area contributed by atoms with Gasteiger partial charge in [0.2, 0.25) is 0 Å². The number of ether oxygens (including phenoxy) is 2. The zero-order valence-corrected chi connectivity index (χ0v) is 17.3. The van der Waals surface area contributed by atoms with Gasteiger partial charge in [-0.25, -0.2) is 9.18 Å². The molecule has 29 heavy (non-hydrogen) atoms. The van der Waals surface area contributed by atoms with E-state index >= 15 is 0 Å². The SMILES string of the molecule is CC(C)OC(=O)N1CCC2(CC1)CC(CCCOc1ccc(C(N)=O)c(F)c1)C2. The summed E-state index contributed by atoms with van der Waals surface area (Å²) in [5.41, 5.74) is 5.37. The summed E-state index contributed by atoms with van der Waals surface area (Å²) in [6.07, 6.45) is 6.26. The zero-order chi connectivity index (χ0) is 21.0. The average Bonchev–Trinajstić information content (AvgIpc) is 2.63. The summed E-state index contributed by atoms with van der Waals surface area (Å²) in [7, 11) is 0. The monoisotopic (exact) mass is 406 g/mol. The Kier molecular flexibility index (Phi) is 6.65. The van der Waals surface area contributed by atoms with E-state index in [9.17, 15) is 14.0 Å². The van der Waals surface area contributed by atoms with Gasteiger partial charge in [0.25, 0.3) is 5.91 Å². The van der Waals surface area contributed by atoms with Crippen molar-refractivity contribution in [2.75, 3.05) is 19.7 Å². The Balaban J connectivity index is 1.32. The predicted octanol–water partition coefficient (Wildman–Crippen LogP) is 4.12. The fourth-order valence-electron chi connectivity index (χ4n) is 4.56. The van der Waals surface area contributed by atoms with Crippen molar-refractivity contribution in [3.63, 3.8) is 0 Å². The first kappa shape index (κ1) is 21.4. The molecule has 7 heteroatoms. The van der Waals surface area contributed by atoms with Gasteiger partial charge in [-0.05, 0) is 75.8 Å². The van der Waals surface area contributed by atoms with Gasteiger partial charge >= 0.3 is 6.09 Å². The second-order valence-corrected chi connectivity index (χ2v) is 8.69. The molecule has 0 aromatic heterocycles. The van der Waals surface area contributed by atoms with E-state index in [0.29, 0.717) is 23.7 Å². The lowest BCUT2D eigenvalue weighted by Crippen LogP contribution is -2.49. The maximum absolute atomic E-state index is 13.7. The molecule has 3 rings (SSSR count). The highest BCUT2D eigenvalue weighted by atomic mass is 19.1. The van der Waals surface area contributed by atoms with Gasteiger partial charge in [0.05, 0.1) is 18.3 Å². The van der Waals surface area contributed by atoms with E-state index in [1.807, 2.05) is 18.7 Å². The summed E-state index contributed by atoms with van der Waals surface area (Å²) in [5.74, 6) is -0.324. The van der Waals surface area contributed by atoms with Crippen molar-refractivity contribution >= 4 is 12.0 Å². The van der Waals surface area contributed by atoms with Crippen molar-refractivity contribution in [2.45, 2.75) is 58.5 Å². The number of carbonyl (C=O) groups excluding carboxylic acids is 2. The maximum atomic E-state index is 13.7. The first-order valence-corrected chi connectivity index (χ1v) is 10.5. The second kappa shape index (κ2) is 9.01. The van der Waals surface area contributed by atoms with Crippen LogP contribution in [0.4, 0.5) is 9.18 Å². The molecule has 1 saturated carbocycles. The maximum Gasteiger partial charge on any atom is 0.410 e. The highest BCUT2D eigenvalue weighted by molar-refractivity contribution is 5.93. The third-order valence-electron chi connectivity index (χ3n) is 6.09. The molecule has 2 amide bonds. The lowest BCUT2D eigenvalue weighted by molar-refractivity contribution is -0.0203. The van der Waals surface area contributed by atoms with Crippen molar-refractivity contribution < 1.29 is 23.5 Å². The van der Waals surface area contributed by atoms with Crippen LogP contribution in [-0.2, 0) is 4.74 Å². The highest BCUT2D eigenvalue weighted by Crippen LogP contribution is 2.54. The van der Waals surface area contributed by atoms with Crippen LogP contribution in [-0.4, -0.2) is 42.7 Å². The van der Waals surface area contributed by atoms with Gasteiger partial charge in [0, 0.05) is 19.2 Å². The minimum atomic E-state index is -0.782. The van der Waals surface area contributed by atoms with Crippen molar-refractivity contribution in [2.24, 2.45) is 17.1 Å². The van der Waals surface area contributed by atoms with Crippen molar-refractivity contribution in [3.05, 3.63) is 29.6 Å². The minimum Gasteiger partial charge on any atom is -0.493 e. The third kappa shape index (κ3) is 5.40. The first-order valence-electron chi connectivity index (χ1n) is 10.5. The van der Waals surface area contributed by atoms with E-state index in [4.69, 9.17) is 15.2 Å². The molecule has 0 atom stereocenters. The standard InChI is InChI=1S/C22H31FN2O4/c1-15(2)29-21(27)25-9-7-22(8-10-25)13-16(14-22)4-3-11-28-17-5-6-18(20(24)26)19(23)12-17/h5-6,12,15-16H,3-4,7-11,13-14H2,1-2H3,(H2,24,26). The lowest BCUT2D eigenvalue weighted by Gasteiger charge is -2.52. The molecule has 2 N–H and O–H groups in total. The molecule has 1 aromatic rings. The van der Waals surface area contributed by atoms with Crippen LogP contribution in [0.15, 0.2) is 18.2 Å². The van der Waals surface area contributed by atoms with Crippen LogP contribution in [0.1, 0.15) is 62.7 Å². The van der Waals surface area contributed by atoms with Crippen LogP contribution in [0, 0.1) is 17.2 Å². The van der Waals surface area contributed by atoms with Gasteiger partial charge in [-0.1, -0.05) is 0 Å². The molecule has 1 heterocycles. The lowest BCUT2D eigenvalue weighted by atomic mass is 9.56. The molecule has 1 aliphatic heterocycles. The zero-order valence-electron chi connectivity index (χ0n) is 17.3. The molecular formula is C22H31FN2O4. The van der Waals surface area contributed by atoms with Crippen LogP contribution in [0.25, 0.3) is 0 Å². The van der Waals surface area contributed by atoms with Crippen molar-refractivity contribution in [3.8, 4) is 5.75 Å². The molecule has 0 radical (unpaired) electrons. The largest absolute Gasteiger partial charge is 0.493 e. The Morgan fingerprint density at radius 3 is 2.55 bits per heavy atom. The third-order valence-corrected chi connectivity index (χ3v) is 6.09. The Bertz CT molecular complexity index is 736. The van der Waals surface area contributed by atoms with E-state index in [-0.39, 0.29) is 17.8 Å². The number of halogens is 1. The predicted molar refractivity (Wildman–Crippen MR) is 107 cm³/mol. The molecule has 1 aromatic carbocycles.